The molecule has 2 aliphatic rings. The van der Waals surface area contributed by atoms with Gasteiger partial charge in [-0.1, -0.05) is 24.3 Å². The van der Waals surface area contributed by atoms with Crippen molar-refractivity contribution in [1.82, 2.24) is 10.2 Å². The Morgan fingerprint density at radius 3 is 2.41 bits per heavy atom. The summed E-state index contributed by atoms with van der Waals surface area (Å²) in [6.07, 6.45) is 5.38. The monoisotopic (exact) mass is 366 g/mol. The van der Waals surface area contributed by atoms with Crippen LogP contribution in [0.5, 0.6) is 17.2 Å². The summed E-state index contributed by atoms with van der Waals surface area (Å²) in [5.74, 6) is 2.37. The maximum Gasteiger partial charge on any atom is 0.169 e. The predicted molar refractivity (Wildman–Crippen MR) is 109 cm³/mol. The van der Waals surface area contributed by atoms with Crippen LogP contribution >= 0.6 is 0 Å². The zero-order valence-electron chi connectivity index (χ0n) is 16.2. The Balaban J connectivity index is 1.37. The van der Waals surface area contributed by atoms with Gasteiger partial charge in [0.25, 0.3) is 0 Å². The number of hydrogen-bond donors (Lipinski definition) is 1. The molecule has 2 heterocycles. The van der Waals surface area contributed by atoms with Crippen molar-refractivity contribution in [3.63, 3.8) is 0 Å². The van der Waals surface area contributed by atoms with Crippen molar-refractivity contribution in [3.05, 3.63) is 54.1 Å². The number of likely N-dealkylation sites (tertiary alicyclic amines) is 1. The molecule has 2 aromatic rings. The molecule has 1 spiro atoms. The molecule has 0 radical (unpaired) electrons. The second-order valence-electron chi connectivity index (χ2n) is 7.93. The molecule has 0 aromatic heterocycles. The lowest BCUT2D eigenvalue weighted by molar-refractivity contribution is 0.0701. The summed E-state index contributed by atoms with van der Waals surface area (Å²) in [5.41, 5.74) is 1.92. The molecule has 0 bridgehead atoms. The van der Waals surface area contributed by atoms with Crippen LogP contribution in [-0.4, -0.2) is 38.2 Å². The summed E-state index contributed by atoms with van der Waals surface area (Å²) in [5, 5.41) is 3.51. The van der Waals surface area contributed by atoms with Gasteiger partial charge in [-0.25, -0.2) is 0 Å². The normalized spacial score (nSPS) is 19.7. The average molecular weight is 367 g/mol. The Kier molecular flexibility index (Phi) is 5.65. The van der Waals surface area contributed by atoms with Crippen LogP contribution in [0, 0.1) is 5.41 Å². The molecule has 144 valence electrons. The van der Waals surface area contributed by atoms with Crippen LogP contribution in [0.2, 0.25) is 0 Å². The summed E-state index contributed by atoms with van der Waals surface area (Å²) in [7, 11) is 1.67. The first-order valence-corrected chi connectivity index (χ1v) is 10.1. The number of hydrogen-bond acceptors (Lipinski definition) is 4. The zero-order valence-corrected chi connectivity index (χ0v) is 16.2. The third-order valence-electron chi connectivity index (χ3n) is 6.18. The number of nitrogens with zero attached hydrogens (tertiary/aromatic N) is 1. The van der Waals surface area contributed by atoms with Crippen LogP contribution in [0.25, 0.3) is 0 Å². The molecule has 0 unspecified atom stereocenters. The Hall–Kier alpha value is -2.04. The number of nitrogens with one attached hydrogen (secondary N) is 1. The van der Waals surface area contributed by atoms with Gasteiger partial charge in [-0.05, 0) is 87.1 Å². The van der Waals surface area contributed by atoms with Gasteiger partial charge in [-0.15, -0.1) is 0 Å². The minimum absolute atomic E-state index is 0.608. The minimum atomic E-state index is 0.608. The number of piperidine rings is 2. The summed E-state index contributed by atoms with van der Waals surface area (Å²) in [6.45, 7) is 5.80. The molecule has 1 N–H and O–H groups in total. The number of benzene rings is 2. The van der Waals surface area contributed by atoms with Crippen molar-refractivity contribution in [2.24, 2.45) is 5.41 Å². The van der Waals surface area contributed by atoms with Crippen molar-refractivity contribution >= 4 is 0 Å². The molecular formula is C23H30N2O2. The highest BCUT2D eigenvalue weighted by Crippen LogP contribution is 2.40. The maximum absolute atomic E-state index is 6.07. The van der Waals surface area contributed by atoms with Crippen molar-refractivity contribution in [3.8, 4) is 17.2 Å². The van der Waals surface area contributed by atoms with E-state index in [1.165, 1.54) is 57.4 Å². The smallest absolute Gasteiger partial charge is 0.169 e. The van der Waals surface area contributed by atoms with Crippen molar-refractivity contribution < 1.29 is 9.47 Å². The molecule has 2 aliphatic heterocycles. The first kappa shape index (κ1) is 18.3. The second kappa shape index (κ2) is 8.32. The SMILES string of the molecule is COc1ccccc1Oc1cccc(CN2CCC3(CCNCC3)CC2)c1. The molecule has 4 heteroatoms. The van der Waals surface area contributed by atoms with Crippen molar-refractivity contribution in [1.29, 1.82) is 0 Å². The molecule has 2 fully saturated rings. The van der Waals surface area contributed by atoms with E-state index in [4.69, 9.17) is 9.47 Å². The lowest BCUT2D eigenvalue weighted by atomic mass is 9.71. The number of ether oxygens (including phenoxy) is 2. The largest absolute Gasteiger partial charge is 0.493 e. The van der Waals surface area contributed by atoms with E-state index in [-0.39, 0.29) is 0 Å². The van der Waals surface area contributed by atoms with Crippen molar-refractivity contribution in [2.45, 2.75) is 32.2 Å². The maximum atomic E-state index is 6.07. The lowest BCUT2D eigenvalue weighted by Crippen LogP contribution is -2.45. The molecular weight excluding hydrogens is 336 g/mol. The van der Waals surface area contributed by atoms with E-state index in [0.29, 0.717) is 5.41 Å². The summed E-state index contributed by atoms with van der Waals surface area (Å²) < 4.78 is 11.5. The van der Waals surface area contributed by atoms with E-state index >= 15 is 0 Å². The fourth-order valence-corrected chi connectivity index (χ4v) is 4.44. The Morgan fingerprint density at radius 2 is 1.67 bits per heavy atom. The fraction of sp³-hybridized carbons (Fsp3) is 0.478. The second-order valence-corrected chi connectivity index (χ2v) is 7.93. The molecule has 0 saturated carbocycles. The third kappa shape index (κ3) is 4.45. The van der Waals surface area contributed by atoms with Gasteiger partial charge in [0.15, 0.2) is 11.5 Å². The van der Waals surface area contributed by atoms with Crippen molar-refractivity contribution in [2.75, 3.05) is 33.3 Å². The number of methoxy groups -OCH3 is 1. The van der Waals surface area contributed by atoms with Gasteiger partial charge < -0.3 is 14.8 Å². The molecule has 4 nitrogen and oxygen atoms in total. The Bertz CT molecular complexity index is 746. The molecule has 4 rings (SSSR count). The lowest BCUT2D eigenvalue weighted by Gasteiger charge is -2.44. The molecule has 0 atom stereocenters. The standard InChI is InChI=1S/C23H30N2O2/c1-26-21-7-2-3-8-22(21)27-20-6-4-5-19(17-20)18-25-15-11-23(12-16-25)9-13-24-14-10-23/h2-8,17,24H,9-16,18H2,1H3. The zero-order chi connectivity index (χ0) is 18.5. The molecule has 2 aromatic carbocycles. The van der Waals surface area contributed by atoms with Crippen LogP contribution in [0.15, 0.2) is 48.5 Å². The van der Waals surface area contributed by atoms with E-state index in [0.717, 1.165) is 23.8 Å². The first-order chi connectivity index (χ1) is 13.3. The molecule has 0 amide bonds. The van der Waals surface area contributed by atoms with Gasteiger partial charge in [-0.3, -0.25) is 4.90 Å². The summed E-state index contributed by atoms with van der Waals surface area (Å²) in [6, 6.07) is 16.2. The minimum Gasteiger partial charge on any atom is -0.493 e. The first-order valence-electron chi connectivity index (χ1n) is 10.1. The predicted octanol–water partition coefficient (Wildman–Crippen LogP) is 4.45. The van der Waals surface area contributed by atoms with Gasteiger partial charge in [0.2, 0.25) is 0 Å². The fourth-order valence-electron chi connectivity index (χ4n) is 4.44. The van der Waals surface area contributed by atoms with Gasteiger partial charge in [0.1, 0.15) is 5.75 Å². The van der Waals surface area contributed by atoms with E-state index in [2.05, 4.69) is 28.4 Å². The van der Waals surface area contributed by atoms with Crippen LogP contribution in [0.4, 0.5) is 0 Å². The highest BCUT2D eigenvalue weighted by molar-refractivity contribution is 5.43. The van der Waals surface area contributed by atoms with Gasteiger partial charge >= 0.3 is 0 Å². The topological polar surface area (TPSA) is 33.7 Å². The third-order valence-corrected chi connectivity index (χ3v) is 6.18. The quantitative estimate of drug-likeness (QED) is 0.847. The summed E-state index contributed by atoms with van der Waals surface area (Å²) in [4.78, 5) is 2.59. The highest BCUT2D eigenvalue weighted by Gasteiger charge is 2.35. The molecule has 0 aliphatic carbocycles. The Morgan fingerprint density at radius 1 is 0.926 bits per heavy atom. The van der Waals surface area contributed by atoms with Gasteiger partial charge in [0.05, 0.1) is 7.11 Å². The number of rotatable bonds is 5. The Labute approximate surface area is 162 Å². The van der Waals surface area contributed by atoms with Crippen LogP contribution in [0.1, 0.15) is 31.2 Å². The van der Waals surface area contributed by atoms with Crippen LogP contribution < -0.4 is 14.8 Å². The van der Waals surface area contributed by atoms with E-state index in [1.54, 1.807) is 7.11 Å². The van der Waals surface area contributed by atoms with Gasteiger partial charge in [0, 0.05) is 6.54 Å². The average Bonchev–Trinajstić information content (AvgIpc) is 2.71. The molecule has 2 saturated heterocycles. The number of para-hydroxylation sites is 2. The van der Waals surface area contributed by atoms with E-state index in [1.807, 2.05) is 30.3 Å². The molecule has 27 heavy (non-hydrogen) atoms. The summed E-state index contributed by atoms with van der Waals surface area (Å²) >= 11 is 0. The van der Waals surface area contributed by atoms with Crippen LogP contribution in [0.3, 0.4) is 0 Å². The van der Waals surface area contributed by atoms with Crippen LogP contribution in [-0.2, 0) is 6.54 Å². The highest BCUT2D eigenvalue weighted by atomic mass is 16.5. The van der Waals surface area contributed by atoms with E-state index in [9.17, 15) is 0 Å². The van der Waals surface area contributed by atoms with E-state index < -0.39 is 0 Å². The van der Waals surface area contributed by atoms with Gasteiger partial charge in [-0.2, -0.15) is 0 Å².